The number of aliphatic hydroxyl groups excluding tert-OH is 2. The summed E-state index contributed by atoms with van der Waals surface area (Å²) in [5.41, 5.74) is 1.76. The molecule has 1 heterocycles. The molecule has 0 saturated carbocycles. The van der Waals surface area contributed by atoms with Crippen LogP contribution in [0.15, 0.2) is 11.7 Å². The molecule has 68 valence electrons. The summed E-state index contributed by atoms with van der Waals surface area (Å²) in [6.45, 7) is 0.909. The number of thiazole rings is 1. The zero-order valence-corrected chi connectivity index (χ0v) is 7.42. The molecule has 0 unspecified atom stereocenters. The van der Waals surface area contributed by atoms with Crippen molar-refractivity contribution in [2.24, 2.45) is 0 Å². The van der Waals surface area contributed by atoms with Gasteiger partial charge in [-0.05, 0) is 0 Å². The minimum atomic E-state index is -0.669. The van der Waals surface area contributed by atoms with E-state index in [1.165, 1.54) is 0 Å². The van der Waals surface area contributed by atoms with Gasteiger partial charge >= 0.3 is 0 Å². The molecule has 0 aromatic carbocycles. The molecule has 0 aliphatic heterocycles. The number of nitrogens with zero attached hydrogens (tertiary/aromatic N) is 1. The van der Waals surface area contributed by atoms with Crippen LogP contribution in [0.5, 0.6) is 0 Å². The fourth-order valence-electron chi connectivity index (χ4n) is 0.756. The summed E-state index contributed by atoms with van der Waals surface area (Å²) in [5, 5.41) is 20.5. The van der Waals surface area contributed by atoms with E-state index < -0.39 is 6.10 Å². The number of hydrogen-bond donors (Lipinski definition) is 3. The highest BCUT2D eigenvalue weighted by Crippen LogP contribution is 2.03. The molecule has 3 N–H and O–H groups in total. The van der Waals surface area contributed by atoms with E-state index in [1.54, 1.807) is 23.0 Å². The van der Waals surface area contributed by atoms with Crippen molar-refractivity contribution in [3.05, 3.63) is 16.6 Å². The normalized spacial score (nSPS) is 13.2. The lowest BCUT2D eigenvalue weighted by molar-refractivity contribution is 0.0943. The van der Waals surface area contributed by atoms with Gasteiger partial charge in [-0.25, -0.2) is 0 Å². The molecule has 0 amide bonds. The van der Waals surface area contributed by atoms with Crippen LogP contribution in [0.1, 0.15) is 4.88 Å². The predicted molar refractivity (Wildman–Crippen MR) is 46.9 cm³/mol. The van der Waals surface area contributed by atoms with E-state index in [0.29, 0.717) is 13.1 Å². The molecule has 0 fully saturated rings. The molecule has 1 rings (SSSR count). The van der Waals surface area contributed by atoms with Gasteiger partial charge in [-0.15, -0.1) is 11.3 Å². The summed E-state index contributed by atoms with van der Waals surface area (Å²) in [5.74, 6) is 0. The van der Waals surface area contributed by atoms with Gasteiger partial charge in [0.1, 0.15) is 0 Å². The summed E-state index contributed by atoms with van der Waals surface area (Å²) in [6, 6.07) is 0. The number of nitrogens with one attached hydrogen (secondary N) is 1. The van der Waals surface area contributed by atoms with Crippen LogP contribution in [-0.4, -0.2) is 34.5 Å². The Morgan fingerprint density at radius 1 is 1.67 bits per heavy atom. The highest BCUT2D eigenvalue weighted by molar-refractivity contribution is 7.09. The van der Waals surface area contributed by atoms with E-state index in [9.17, 15) is 0 Å². The van der Waals surface area contributed by atoms with Crippen molar-refractivity contribution in [2.75, 3.05) is 13.2 Å². The van der Waals surface area contributed by atoms with Gasteiger partial charge in [-0.1, -0.05) is 0 Å². The maximum Gasteiger partial charge on any atom is 0.0895 e. The van der Waals surface area contributed by atoms with E-state index in [-0.39, 0.29) is 6.61 Å². The first-order valence-electron chi connectivity index (χ1n) is 3.70. The van der Waals surface area contributed by atoms with E-state index in [4.69, 9.17) is 10.2 Å². The molecule has 0 spiro atoms. The zero-order valence-electron chi connectivity index (χ0n) is 6.60. The van der Waals surface area contributed by atoms with Crippen LogP contribution in [0.3, 0.4) is 0 Å². The number of aromatic nitrogens is 1. The van der Waals surface area contributed by atoms with Crippen molar-refractivity contribution in [1.82, 2.24) is 10.3 Å². The van der Waals surface area contributed by atoms with Gasteiger partial charge < -0.3 is 15.5 Å². The third-order valence-corrected chi connectivity index (χ3v) is 2.15. The fraction of sp³-hybridized carbons (Fsp3) is 0.571. The minimum absolute atomic E-state index is 0.199. The summed E-state index contributed by atoms with van der Waals surface area (Å²) >= 11 is 1.56. The average Bonchev–Trinajstić information content (AvgIpc) is 2.57. The monoisotopic (exact) mass is 188 g/mol. The van der Waals surface area contributed by atoms with Crippen LogP contribution in [0.4, 0.5) is 0 Å². The van der Waals surface area contributed by atoms with Crippen molar-refractivity contribution in [3.8, 4) is 0 Å². The number of rotatable bonds is 5. The van der Waals surface area contributed by atoms with Crippen LogP contribution >= 0.6 is 11.3 Å². The van der Waals surface area contributed by atoms with Crippen LogP contribution in [0.25, 0.3) is 0 Å². The molecule has 1 atom stereocenters. The second-order valence-electron chi connectivity index (χ2n) is 2.44. The van der Waals surface area contributed by atoms with Gasteiger partial charge in [0.05, 0.1) is 18.2 Å². The summed E-state index contributed by atoms with van der Waals surface area (Å²) in [7, 11) is 0. The molecule has 0 aliphatic rings. The van der Waals surface area contributed by atoms with E-state index in [0.717, 1.165) is 4.88 Å². The van der Waals surface area contributed by atoms with Crippen LogP contribution in [0, 0.1) is 0 Å². The van der Waals surface area contributed by atoms with Crippen molar-refractivity contribution >= 4 is 11.3 Å². The van der Waals surface area contributed by atoms with Crippen molar-refractivity contribution in [3.63, 3.8) is 0 Å². The molecule has 4 nitrogen and oxygen atoms in total. The molecule has 0 bridgehead atoms. The third-order valence-electron chi connectivity index (χ3n) is 1.37. The Balaban J connectivity index is 2.11. The maximum atomic E-state index is 8.96. The molecular weight excluding hydrogens is 176 g/mol. The molecule has 0 radical (unpaired) electrons. The number of aliphatic hydroxyl groups is 2. The Bertz CT molecular complexity index is 203. The van der Waals surface area contributed by atoms with Gasteiger partial charge in [0.2, 0.25) is 0 Å². The largest absolute Gasteiger partial charge is 0.394 e. The molecular formula is C7H12N2O2S. The highest BCUT2D eigenvalue weighted by Gasteiger charge is 2.00. The van der Waals surface area contributed by atoms with E-state index in [2.05, 4.69) is 10.3 Å². The summed E-state index contributed by atoms with van der Waals surface area (Å²) in [6.07, 6.45) is 1.11. The van der Waals surface area contributed by atoms with E-state index >= 15 is 0 Å². The van der Waals surface area contributed by atoms with Gasteiger partial charge in [0.15, 0.2) is 0 Å². The van der Waals surface area contributed by atoms with Crippen molar-refractivity contribution < 1.29 is 10.2 Å². The lowest BCUT2D eigenvalue weighted by Gasteiger charge is -2.06. The maximum absolute atomic E-state index is 8.96. The van der Waals surface area contributed by atoms with Gasteiger partial charge in [0, 0.05) is 24.2 Å². The molecule has 0 aliphatic carbocycles. The van der Waals surface area contributed by atoms with Crippen LogP contribution in [-0.2, 0) is 6.54 Å². The van der Waals surface area contributed by atoms with Gasteiger partial charge in [0.25, 0.3) is 0 Å². The summed E-state index contributed by atoms with van der Waals surface area (Å²) in [4.78, 5) is 5.03. The third kappa shape index (κ3) is 3.27. The van der Waals surface area contributed by atoms with Crippen molar-refractivity contribution in [2.45, 2.75) is 12.6 Å². The Labute approximate surface area is 74.9 Å². The highest BCUT2D eigenvalue weighted by atomic mass is 32.1. The van der Waals surface area contributed by atoms with Crippen molar-refractivity contribution in [1.29, 1.82) is 0 Å². The molecule has 1 aromatic rings. The standard InChI is InChI=1S/C7H12N2O2S/c10-4-6(11)1-8-2-7-3-9-5-12-7/h3,5-6,8,10-11H,1-2,4H2/t6-/m0/s1. The van der Waals surface area contributed by atoms with E-state index in [1.807, 2.05) is 0 Å². The Morgan fingerprint density at radius 2 is 2.50 bits per heavy atom. The van der Waals surface area contributed by atoms with Gasteiger partial charge in [-0.3, -0.25) is 4.98 Å². The lowest BCUT2D eigenvalue weighted by atomic mass is 10.4. The first kappa shape index (κ1) is 9.60. The first-order chi connectivity index (χ1) is 5.83. The Hall–Kier alpha value is -0.490. The average molecular weight is 188 g/mol. The van der Waals surface area contributed by atoms with Crippen LogP contribution in [0.2, 0.25) is 0 Å². The predicted octanol–water partition coefficient (Wildman–Crippen LogP) is -0.414. The topological polar surface area (TPSA) is 65.4 Å². The minimum Gasteiger partial charge on any atom is -0.394 e. The Kier molecular flexibility index (Phi) is 4.16. The Morgan fingerprint density at radius 3 is 3.08 bits per heavy atom. The SMILES string of the molecule is OC[C@@H](O)CNCc1cncs1. The smallest absolute Gasteiger partial charge is 0.0895 e. The molecule has 1 aromatic heterocycles. The molecule has 12 heavy (non-hydrogen) atoms. The first-order valence-corrected chi connectivity index (χ1v) is 4.58. The second-order valence-corrected chi connectivity index (χ2v) is 3.41. The second kappa shape index (κ2) is 5.21. The fourth-order valence-corrected chi connectivity index (χ4v) is 1.32. The molecule has 0 saturated heterocycles. The van der Waals surface area contributed by atoms with Crippen LogP contribution < -0.4 is 5.32 Å². The summed E-state index contributed by atoms with van der Waals surface area (Å²) < 4.78 is 0. The van der Waals surface area contributed by atoms with Gasteiger partial charge in [-0.2, -0.15) is 0 Å². The quantitative estimate of drug-likeness (QED) is 0.587. The number of hydrogen-bond acceptors (Lipinski definition) is 5. The zero-order chi connectivity index (χ0) is 8.81. The lowest BCUT2D eigenvalue weighted by Crippen LogP contribution is -2.28. The molecule has 5 heteroatoms.